The summed E-state index contributed by atoms with van der Waals surface area (Å²) in [6.07, 6.45) is 12.5. The van der Waals surface area contributed by atoms with Crippen LogP contribution in [-0.4, -0.2) is 60.9 Å². The van der Waals surface area contributed by atoms with E-state index in [0.717, 1.165) is 49.7 Å². The number of carbonyl (C=O) groups excluding carboxylic acids is 1. The van der Waals surface area contributed by atoms with Crippen molar-refractivity contribution in [2.45, 2.75) is 87.9 Å². The van der Waals surface area contributed by atoms with Crippen molar-refractivity contribution in [3.8, 4) is 0 Å². The molecule has 1 aliphatic heterocycles. The van der Waals surface area contributed by atoms with Crippen molar-refractivity contribution in [1.29, 1.82) is 0 Å². The Morgan fingerprint density at radius 1 is 1.07 bits per heavy atom. The molecule has 2 aromatic carbocycles. The molecule has 2 fully saturated rings. The molecule has 40 heavy (non-hydrogen) atoms. The second kappa shape index (κ2) is 12.6. The molecule has 0 aromatic heterocycles. The van der Waals surface area contributed by atoms with Gasteiger partial charge in [0.05, 0.1) is 19.5 Å². The number of methoxy groups -OCH3 is 1. The number of hydrogen-bond donors (Lipinski definition) is 0. The number of hydrogen-bond acceptors (Lipinski definition) is 5. The van der Waals surface area contributed by atoms with Crippen LogP contribution >= 0.6 is 11.6 Å². The van der Waals surface area contributed by atoms with Crippen LogP contribution in [0, 0.1) is 17.7 Å². The molecule has 0 radical (unpaired) electrons. The summed E-state index contributed by atoms with van der Waals surface area (Å²) < 4.78 is 19.7. The van der Waals surface area contributed by atoms with Crippen LogP contribution in [0.4, 0.5) is 4.39 Å². The molecule has 5 rings (SSSR count). The lowest BCUT2D eigenvalue weighted by Gasteiger charge is -2.47. The minimum atomic E-state index is -0.985. The summed E-state index contributed by atoms with van der Waals surface area (Å²) in [4.78, 5) is 23.5. The van der Waals surface area contributed by atoms with Crippen LogP contribution in [-0.2, 0) is 16.0 Å². The van der Waals surface area contributed by atoms with Gasteiger partial charge in [-0.15, -0.1) is 0 Å². The Morgan fingerprint density at radius 2 is 1.77 bits per heavy atom. The maximum atomic E-state index is 14.2. The zero-order valence-electron chi connectivity index (χ0n) is 24.1. The molecule has 216 valence electrons. The summed E-state index contributed by atoms with van der Waals surface area (Å²) in [7, 11) is 5.66. The first-order valence-electron chi connectivity index (χ1n) is 14.9. The van der Waals surface area contributed by atoms with E-state index in [9.17, 15) is 9.18 Å². The highest BCUT2D eigenvalue weighted by atomic mass is 35.5. The van der Waals surface area contributed by atoms with E-state index in [1.165, 1.54) is 32.4 Å². The Morgan fingerprint density at radius 3 is 2.40 bits per heavy atom. The highest BCUT2D eigenvalue weighted by molar-refractivity contribution is 6.30. The van der Waals surface area contributed by atoms with Crippen LogP contribution in [0.5, 0.6) is 0 Å². The first-order valence-corrected chi connectivity index (χ1v) is 15.3. The summed E-state index contributed by atoms with van der Waals surface area (Å²) >= 11 is 6.19. The van der Waals surface area contributed by atoms with E-state index >= 15 is 0 Å². The third-order valence-corrected chi connectivity index (χ3v) is 9.86. The van der Waals surface area contributed by atoms with Gasteiger partial charge in [-0.2, -0.15) is 0 Å². The number of halogens is 2. The van der Waals surface area contributed by atoms with Gasteiger partial charge in [0, 0.05) is 23.5 Å². The van der Waals surface area contributed by atoms with Gasteiger partial charge < -0.3 is 14.5 Å². The fraction of sp³-hybridized carbons (Fsp3) is 0.576. The monoisotopic (exact) mass is 567 g/mol. The van der Waals surface area contributed by atoms with Gasteiger partial charge in [-0.3, -0.25) is 4.99 Å². The van der Waals surface area contributed by atoms with Crippen molar-refractivity contribution >= 4 is 23.9 Å². The van der Waals surface area contributed by atoms with E-state index in [1.54, 1.807) is 6.07 Å². The fourth-order valence-electron chi connectivity index (χ4n) is 7.84. The lowest BCUT2D eigenvalue weighted by molar-refractivity contribution is -0.150. The van der Waals surface area contributed by atoms with Crippen LogP contribution in [0.3, 0.4) is 0 Å². The molecule has 0 amide bonds. The second-order valence-electron chi connectivity index (χ2n) is 12.3. The summed E-state index contributed by atoms with van der Waals surface area (Å²) in [5.41, 5.74) is 1.09. The van der Waals surface area contributed by atoms with Crippen molar-refractivity contribution in [2.75, 3.05) is 21.2 Å². The summed E-state index contributed by atoms with van der Waals surface area (Å²) in [5, 5.41) is 0.679. The molecule has 2 aromatic rings. The topological polar surface area (TPSA) is 45.1 Å². The van der Waals surface area contributed by atoms with Gasteiger partial charge in [0.25, 0.3) is 0 Å². The van der Waals surface area contributed by atoms with Crippen molar-refractivity contribution < 1.29 is 13.9 Å². The van der Waals surface area contributed by atoms with Crippen LogP contribution in [0.15, 0.2) is 53.5 Å². The molecule has 2 aliphatic carbocycles. The summed E-state index contributed by atoms with van der Waals surface area (Å²) in [6, 6.07) is 15.3. The Balaban J connectivity index is 1.44. The highest BCUT2D eigenvalue weighted by Crippen LogP contribution is 2.47. The van der Waals surface area contributed by atoms with Crippen molar-refractivity contribution in [3.05, 3.63) is 70.5 Å². The smallest absolute Gasteiger partial charge is 0.336 e. The fourth-order valence-corrected chi connectivity index (χ4v) is 7.97. The number of rotatable bonds is 8. The summed E-state index contributed by atoms with van der Waals surface area (Å²) in [6.45, 7) is 0. The molecule has 7 heteroatoms. The van der Waals surface area contributed by atoms with Gasteiger partial charge in [-0.05, 0) is 99.8 Å². The van der Waals surface area contributed by atoms with Crippen LogP contribution in [0.2, 0.25) is 5.02 Å². The molecule has 5 nitrogen and oxygen atoms in total. The van der Waals surface area contributed by atoms with Gasteiger partial charge >= 0.3 is 5.97 Å². The van der Waals surface area contributed by atoms with Crippen molar-refractivity contribution in [1.82, 2.24) is 9.80 Å². The quantitative estimate of drug-likeness (QED) is 0.319. The number of nitrogens with zero attached hydrogens (tertiary/aromatic N) is 3. The van der Waals surface area contributed by atoms with Crippen molar-refractivity contribution in [3.63, 3.8) is 0 Å². The number of ether oxygens (including phenoxy) is 1. The molecule has 3 atom stereocenters. The van der Waals surface area contributed by atoms with Crippen LogP contribution in [0.25, 0.3) is 0 Å². The van der Waals surface area contributed by atoms with Gasteiger partial charge in [-0.25, -0.2) is 9.18 Å². The molecule has 0 bridgehead atoms. The Labute approximate surface area is 243 Å². The number of carbonyl (C=O) groups is 1. The van der Waals surface area contributed by atoms with E-state index in [4.69, 9.17) is 21.3 Å². The third-order valence-electron chi connectivity index (χ3n) is 9.61. The maximum Gasteiger partial charge on any atom is 0.336 e. The molecule has 1 heterocycles. The van der Waals surface area contributed by atoms with E-state index in [-0.39, 0.29) is 23.9 Å². The third kappa shape index (κ3) is 5.94. The average Bonchev–Trinajstić information content (AvgIpc) is 3.35. The second-order valence-corrected chi connectivity index (χ2v) is 12.7. The molecule has 2 saturated carbocycles. The zero-order valence-corrected chi connectivity index (χ0v) is 24.8. The number of aliphatic imine (C=N–C) groups is 1. The number of benzene rings is 2. The summed E-state index contributed by atoms with van der Waals surface area (Å²) in [5.74, 6) is 0.286. The van der Waals surface area contributed by atoms with Crippen molar-refractivity contribution in [2.24, 2.45) is 16.8 Å². The Kier molecular flexibility index (Phi) is 9.16. The molecule has 3 aliphatic rings. The maximum absolute atomic E-state index is 14.2. The Hall–Kier alpha value is -2.44. The van der Waals surface area contributed by atoms with E-state index in [1.807, 2.05) is 42.7 Å². The molecule has 0 spiro atoms. The first-order chi connectivity index (χ1) is 19.3. The molecular weight excluding hydrogens is 525 g/mol. The average molecular weight is 568 g/mol. The highest BCUT2D eigenvalue weighted by Gasteiger charge is 2.56. The predicted octanol–water partition coefficient (Wildman–Crippen LogP) is 7.09. The molecule has 0 saturated heterocycles. The molecule has 0 N–H and O–H groups in total. The lowest BCUT2D eigenvalue weighted by atomic mass is 9.68. The van der Waals surface area contributed by atoms with Crippen LogP contribution < -0.4 is 0 Å². The standard InChI is InChI=1S/C33H43ClFN3O2/c1-37(2)30(26-8-7-9-28(35)20-26)24-14-16-25(17-15-24)31-33(32(39)40-3,21-23-12-18-27(34)19-13-23)36-22-38(31)29-10-5-4-6-11-29/h7-9,12-13,18-20,22,24-25,29-31H,4-6,10-11,14-17,21H2,1-3H3. The van der Waals surface area contributed by atoms with E-state index in [0.29, 0.717) is 29.3 Å². The van der Waals surface area contributed by atoms with E-state index < -0.39 is 5.54 Å². The van der Waals surface area contributed by atoms with Gasteiger partial charge in [0.15, 0.2) is 5.54 Å². The van der Waals surface area contributed by atoms with Gasteiger partial charge in [0.2, 0.25) is 0 Å². The molecular formula is C33H43ClFN3O2. The predicted molar refractivity (Wildman–Crippen MR) is 159 cm³/mol. The number of esters is 1. The van der Waals surface area contributed by atoms with Crippen LogP contribution in [0.1, 0.15) is 75.0 Å². The first kappa shape index (κ1) is 29.1. The molecule has 3 unspecified atom stereocenters. The Bertz CT molecular complexity index is 1170. The zero-order chi connectivity index (χ0) is 28.3. The normalized spacial score (nSPS) is 28.1. The minimum Gasteiger partial charge on any atom is -0.467 e. The lowest BCUT2D eigenvalue weighted by Crippen LogP contribution is -2.59. The van der Waals surface area contributed by atoms with Gasteiger partial charge in [0.1, 0.15) is 5.82 Å². The minimum absolute atomic E-state index is 0.0494. The SMILES string of the molecule is COC(=O)C1(Cc2ccc(Cl)cc2)N=CN(C2CCCCC2)C1C1CCC(C(c2cccc(F)c2)N(C)C)CC1. The largest absolute Gasteiger partial charge is 0.467 e. The van der Waals surface area contributed by atoms with E-state index in [2.05, 4.69) is 23.9 Å². The van der Waals surface area contributed by atoms with Gasteiger partial charge in [-0.1, -0.05) is 55.1 Å².